The summed E-state index contributed by atoms with van der Waals surface area (Å²) in [6.45, 7) is 4.74. The minimum absolute atomic E-state index is 0.157. The summed E-state index contributed by atoms with van der Waals surface area (Å²) in [5, 5.41) is 65.2. The SMILES string of the molecule is CCCCCCCCCCCCO[C@@H]1[C@@H](O)[C@H](Cn2c(=O)n(C[C@H]3O[C@@H](O)[C@@H](O)[C@@H](OCCCCCCCCCCCC)[C@H]3O)c3ccccc32)O[C@H](O)[C@@H]1O. The smallest absolute Gasteiger partial charge is 0.329 e. The van der Waals surface area contributed by atoms with E-state index in [1.54, 1.807) is 24.3 Å². The highest BCUT2D eigenvalue weighted by Crippen LogP contribution is 2.28. The summed E-state index contributed by atoms with van der Waals surface area (Å²) in [5.41, 5.74) is 0.525. The van der Waals surface area contributed by atoms with Crippen molar-refractivity contribution in [2.24, 2.45) is 0 Å². The van der Waals surface area contributed by atoms with Crippen molar-refractivity contribution in [2.45, 2.75) is 217 Å². The number of imidazole rings is 1. The Morgan fingerprint density at radius 1 is 0.500 bits per heavy atom. The van der Waals surface area contributed by atoms with Crippen molar-refractivity contribution in [2.75, 3.05) is 13.2 Å². The van der Waals surface area contributed by atoms with Crippen LogP contribution in [0.2, 0.25) is 0 Å². The van der Waals surface area contributed by atoms with Crippen molar-refractivity contribution in [1.82, 2.24) is 9.13 Å². The van der Waals surface area contributed by atoms with Gasteiger partial charge in [0.05, 0.1) is 24.1 Å². The fraction of sp³-hybridized carbons (Fsp3) is 0.837. The molecule has 3 heterocycles. The maximum absolute atomic E-state index is 14.0. The zero-order chi connectivity index (χ0) is 40.3. The average molecular weight is 795 g/mol. The predicted molar refractivity (Wildman–Crippen MR) is 215 cm³/mol. The van der Waals surface area contributed by atoms with Gasteiger partial charge in [0.25, 0.3) is 0 Å². The van der Waals surface area contributed by atoms with Gasteiger partial charge < -0.3 is 49.6 Å². The van der Waals surface area contributed by atoms with Crippen molar-refractivity contribution >= 4 is 11.0 Å². The molecular formula is C43H74N2O11. The van der Waals surface area contributed by atoms with Gasteiger partial charge in [0.1, 0.15) is 48.8 Å². The number of unbranched alkanes of at least 4 members (excludes halogenated alkanes) is 18. The molecule has 0 spiro atoms. The van der Waals surface area contributed by atoms with Crippen LogP contribution in [0.3, 0.4) is 0 Å². The molecule has 0 radical (unpaired) electrons. The number of hydrogen-bond acceptors (Lipinski definition) is 11. The predicted octanol–water partition coefficient (Wildman–Crippen LogP) is 5.29. The molecule has 6 N–H and O–H groups in total. The molecule has 56 heavy (non-hydrogen) atoms. The second-order valence-electron chi connectivity index (χ2n) is 16.1. The molecule has 2 aromatic rings. The van der Waals surface area contributed by atoms with Crippen LogP contribution in [-0.4, -0.2) is 114 Å². The van der Waals surface area contributed by atoms with Crippen LogP contribution in [0.15, 0.2) is 29.1 Å². The van der Waals surface area contributed by atoms with Gasteiger partial charge >= 0.3 is 5.69 Å². The molecule has 2 aliphatic heterocycles. The molecule has 0 amide bonds. The Labute approximate surface area is 333 Å². The first-order valence-corrected chi connectivity index (χ1v) is 22.0. The van der Waals surface area contributed by atoms with E-state index in [2.05, 4.69) is 13.8 Å². The van der Waals surface area contributed by atoms with Gasteiger partial charge in [-0.2, -0.15) is 0 Å². The summed E-state index contributed by atoms with van der Waals surface area (Å²) in [7, 11) is 0. The monoisotopic (exact) mass is 795 g/mol. The molecule has 2 fully saturated rings. The van der Waals surface area contributed by atoms with Gasteiger partial charge in [-0.3, -0.25) is 9.13 Å². The Hall–Kier alpha value is -1.91. The summed E-state index contributed by atoms with van der Waals surface area (Å²) >= 11 is 0. The van der Waals surface area contributed by atoms with Gasteiger partial charge in [-0.1, -0.05) is 142 Å². The molecule has 1 aromatic heterocycles. The molecule has 2 aliphatic rings. The minimum Gasteiger partial charge on any atom is -0.388 e. The number of para-hydroxylation sites is 2. The highest BCUT2D eigenvalue weighted by molar-refractivity contribution is 5.76. The third-order valence-corrected chi connectivity index (χ3v) is 11.6. The van der Waals surface area contributed by atoms with Crippen LogP contribution in [-0.2, 0) is 32.0 Å². The molecular weight excluding hydrogens is 720 g/mol. The normalized spacial score (nSPS) is 28.4. The maximum Gasteiger partial charge on any atom is 0.329 e. The molecule has 10 atom stereocenters. The second kappa shape index (κ2) is 25.5. The van der Waals surface area contributed by atoms with E-state index in [-0.39, 0.29) is 13.1 Å². The fourth-order valence-electron chi connectivity index (χ4n) is 8.13. The lowest BCUT2D eigenvalue weighted by molar-refractivity contribution is -0.292. The van der Waals surface area contributed by atoms with E-state index in [9.17, 15) is 35.4 Å². The number of aromatic nitrogens is 2. The zero-order valence-corrected chi connectivity index (χ0v) is 34.2. The van der Waals surface area contributed by atoms with Gasteiger partial charge in [0.15, 0.2) is 12.6 Å². The Bertz CT molecular complexity index is 1300. The van der Waals surface area contributed by atoms with Gasteiger partial charge in [-0.05, 0) is 25.0 Å². The molecule has 4 rings (SSSR count). The van der Waals surface area contributed by atoms with E-state index in [1.807, 2.05) is 0 Å². The summed E-state index contributed by atoms with van der Waals surface area (Å²) in [5.74, 6) is 0. The Morgan fingerprint density at radius 3 is 1.16 bits per heavy atom. The van der Waals surface area contributed by atoms with Gasteiger partial charge in [0.2, 0.25) is 0 Å². The van der Waals surface area contributed by atoms with E-state index in [4.69, 9.17) is 18.9 Å². The first kappa shape index (κ1) is 46.8. The van der Waals surface area contributed by atoms with Crippen molar-refractivity contribution in [1.29, 1.82) is 0 Å². The van der Waals surface area contributed by atoms with E-state index >= 15 is 0 Å². The van der Waals surface area contributed by atoms with Crippen LogP contribution in [0.25, 0.3) is 11.0 Å². The first-order valence-electron chi connectivity index (χ1n) is 22.0. The zero-order valence-electron chi connectivity index (χ0n) is 34.2. The summed E-state index contributed by atoms with van der Waals surface area (Å²) in [6, 6.07) is 7.01. The number of benzene rings is 1. The van der Waals surface area contributed by atoms with Crippen LogP contribution >= 0.6 is 0 Å². The van der Waals surface area contributed by atoms with Crippen molar-refractivity contribution in [3.8, 4) is 0 Å². The molecule has 2 saturated heterocycles. The fourth-order valence-corrected chi connectivity index (χ4v) is 8.13. The van der Waals surface area contributed by atoms with Crippen molar-refractivity contribution < 1.29 is 49.6 Å². The quantitative estimate of drug-likeness (QED) is 0.0615. The van der Waals surface area contributed by atoms with Gasteiger partial charge in [-0.15, -0.1) is 0 Å². The van der Waals surface area contributed by atoms with Crippen LogP contribution in [0.1, 0.15) is 142 Å². The van der Waals surface area contributed by atoms with E-state index in [1.165, 1.54) is 99.0 Å². The molecule has 13 nitrogen and oxygen atoms in total. The van der Waals surface area contributed by atoms with Gasteiger partial charge in [0, 0.05) is 13.2 Å². The molecule has 0 aliphatic carbocycles. The highest BCUT2D eigenvalue weighted by Gasteiger charge is 2.46. The molecule has 1 aromatic carbocycles. The number of rotatable bonds is 28. The van der Waals surface area contributed by atoms with E-state index in [0.29, 0.717) is 24.2 Å². The summed E-state index contributed by atoms with van der Waals surface area (Å²) in [4.78, 5) is 14.0. The molecule has 0 unspecified atom stereocenters. The Kier molecular flexibility index (Phi) is 21.3. The number of aliphatic hydroxyl groups is 6. The number of fused-ring (bicyclic) bond motifs is 1. The number of hydrogen-bond donors (Lipinski definition) is 6. The maximum atomic E-state index is 14.0. The minimum atomic E-state index is -1.62. The molecule has 0 bridgehead atoms. The lowest BCUT2D eigenvalue weighted by Crippen LogP contribution is -2.60. The van der Waals surface area contributed by atoms with Crippen molar-refractivity contribution in [3.05, 3.63) is 34.7 Å². The standard InChI is InChI=1S/C43H74N2O11/c1-3-5-7-9-11-13-15-17-19-23-27-53-39-35(46)33(55-41(50)37(39)48)29-44-31-25-21-22-26-32(31)45(43(44)52)30-34-36(47)40(38(49)42(51)56-34)54-28-24-20-18-16-14-12-10-8-6-4-2/h21-22,25-26,33-42,46-51H,3-20,23-24,27-30H2,1-2H3/t33-,34+,35-,36-,37+,38-,39+,40-,41-,42+/m0/s1. The molecule has 322 valence electrons. The summed E-state index contributed by atoms with van der Waals surface area (Å²) in [6.07, 6.45) is 9.95. The Balaban J connectivity index is 1.31. The average Bonchev–Trinajstić information content (AvgIpc) is 3.45. The second-order valence-corrected chi connectivity index (χ2v) is 16.1. The van der Waals surface area contributed by atoms with Crippen LogP contribution in [0.5, 0.6) is 0 Å². The Morgan fingerprint density at radius 2 is 0.821 bits per heavy atom. The molecule has 0 saturated carbocycles. The third-order valence-electron chi connectivity index (χ3n) is 11.6. The highest BCUT2D eigenvalue weighted by atomic mass is 16.7. The molecule has 13 heteroatoms. The largest absolute Gasteiger partial charge is 0.388 e. The number of aliphatic hydroxyl groups excluding tert-OH is 6. The summed E-state index contributed by atoms with van der Waals surface area (Å²) < 4.78 is 25.9. The first-order chi connectivity index (χ1) is 27.2. The van der Waals surface area contributed by atoms with E-state index < -0.39 is 67.1 Å². The van der Waals surface area contributed by atoms with E-state index in [0.717, 1.165) is 38.5 Å². The van der Waals surface area contributed by atoms with Crippen LogP contribution < -0.4 is 5.69 Å². The van der Waals surface area contributed by atoms with Crippen molar-refractivity contribution in [3.63, 3.8) is 0 Å². The van der Waals surface area contributed by atoms with Crippen LogP contribution in [0.4, 0.5) is 0 Å². The lowest BCUT2D eigenvalue weighted by Gasteiger charge is -2.40. The van der Waals surface area contributed by atoms with Crippen LogP contribution in [0, 0.1) is 0 Å². The third kappa shape index (κ3) is 13.8. The van der Waals surface area contributed by atoms with Gasteiger partial charge in [-0.25, -0.2) is 4.79 Å². The number of ether oxygens (including phenoxy) is 4. The lowest BCUT2D eigenvalue weighted by atomic mass is 9.98. The number of nitrogens with zero attached hydrogens (tertiary/aromatic N) is 2. The topological polar surface area (TPSA) is 185 Å².